The van der Waals surface area contributed by atoms with E-state index < -0.39 is 0 Å². The molecule has 0 aliphatic heterocycles. The molecule has 6 heteroatoms. The second kappa shape index (κ2) is 5.07. The van der Waals surface area contributed by atoms with E-state index in [1.165, 1.54) is 6.20 Å². The molecule has 5 nitrogen and oxygen atoms in total. The third-order valence-corrected chi connectivity index (χ3v) is 2.48. The predicted octanol–water partition coefficient (Wildman–Crippen LogP) is 0.461. The molecule has 88 valence electrons. The molecular formula is C10H16N4OS. The molecule has 0 aliphatic carbocycles. The Labute approximate surface area is 100 Å². The molecular weight excluding hydrogens is 224 g/mol. The molecule has 1 amide bonds. The summed E-state index contributed by atoms with van der Waals surface area (Å²) in [6.07, 6.45) is 3.15. The lowest BCUT2D eigenvalue weighted by Crippen LogP contribution is -2.46. The Morgan fingerprint density at radius 3 is 2.62 bits per heavy atom. The summed E-state index contributed by atoms with van der Waals surface area (Å²) >= 11 is 4.91. The number of nitrogens with zero attached hydrogens (tertiary/aromatic N) is 2. The van der Waals surface area contributed by atoms with Crippen LogP contribution in [0.4, 0.5) is 0 Å². The van der Waals surface area contributed by atoms with Crippen molar-refractivity contribution < 1.29 is 4.79 Å². The number of nitrogens with one attached hydrogen (secondary N) is 1. The summed E-state index contributed by atoms with van der Waals surface area (Å²) in [6.45, 7) is 3.90. The first-order valence-electron chi connectivity index (χ1n) is 5.00. The smallest absolute Gasteiger partial charge is 0.255 e. The monoisotopic (exact) mass is 240 g/mol. The van der Waals surface area contributed by atoms with Crippen LogP contribution in [0.1, 0.15) is 24.2 Å². The molecule has 0 aromatic carbocycles. The van der Waals surface area contributed by atoms with Crippen molar-refractivity contribution in [1.29, 1.82) is 0 Å². The minimum absolute atomic E-state index is 0.165. The van der Waals surface area contributed by atoms with Gasteiger partial charge in [-0.25, -0.2) is 0 Å². The largest absolute Gasteiger partial charge is 0.392 e. The summed E-state index contributed by atoms with van der Waals surface area (Å²) < 4.78 is 1.57. The van der Waals surface area contributed by atoms with Crippen LogP contribution in [-0.2, 0) is 7.05 Å². The fourth-order valence-electron chi connectivity index (χ4n) is 1.33. The van der Waals surface area contributed by atoms with Crippen LogP contribution < -0.4 is 11.1 Å². The molecule has 0 saturated heterocycles. The van der Waals surface area contributed by atoms with Crippen LogP contribution in [0.5, 0.6) is 0 Å². The summed E-state index contributed by atoms with van der Waals surface area (Å²) in [5, 5.41) is 6.71. The SMILES string of the molecule is CC(C)C(NC(=O)c1cnn(C)c1)C(N)=S. The van der Waals surface area contributed by atoms with E-state index in [9.17, 15) is 4.79 Å². The number of hydrogen-bond acceptors (Lipinski definition) is 3. The minimum Gasteiger partial charge on any atom is -0.392 e. The number of aryl methyl sites for hydroxylation is 1. The highest BCUT2D eigenvalue weighted by molar-refractivity contribution is 7.80. The van der Waals surface area contributed by atoms with Gasteiger partial charge in [0.25, 0.3) is 5.91 Å². The first kappa shape index (κ1) is 12.6. The first-order valence-corrected chi connectivity index (χ1v) is 5.41. The highest BCUT2D eigenvalue weighted by atomic mass is 32.1. The van der Waals surface area contributed by atoms with Crippen molar-refractivity contribution in [1.82, 2.24) is 15.1 Å². The number of aromatic nitrogens is 2. The van der Waals surface area contributed by atoms with Crippen molar-refractivity contribution in [2.75, 3.05) is 0 Å². The third-order valence-electron chi connectivity index (χ3n) is 2.23. The molecule has 1 aromatic heterocycles. The normalized spacial score (nSPS) is 12.5. The molecule has 1 rings (SSSR count). The quantitative estimate of drug-likeness (QED) is 0.750. The molecule has 0 radical (unpaired) electrons. The van der Waals surface area contributed by atoms with Gasteiger partial charge in [0, 0.05) is 13.2 Å². The van der Waals surface area contributed by atoms with Gasteiger partial charge in [0.2, 0.25) is 0 Å². The highest BCUT2D eigenvalue weighted by Crippen LogP contribution is 2.04. The summed E-state index contributed by atoms with van der Waals surface area (Å²) in [5.74, 6) is -0.0438. The predicted molar refractivity (Wildman–Crippen MR) is 66.1 cm³/mol. The lowest BCUT2D eigenvalue weighted by Gasteiger charge is -2.20. The topological polar surface area (TPSA) is 72.9 Å². The van der Waals surface area contributed by atoms with Crippen LogP contribution in [0.2, 0.25) is 0 Å². The van der Waals surface area contributed by atoms with E-state index in [1.807, 2.05) is 13.8 Å². The molecule has 16 heavy (non-hydrogen) atoms. The molecule has 0 spiro atoms. The van der Waals surface area contributed by atoms with Gasteiger partial charge in [-0.1, -0.05) is 26.1 Å². The number of hydrogen-bond donors (Lipinski definition) is 2. The molecule has 0 fully saturated rings. The summed E-state index contributed by atoms with van der Waals surface area (Å²) in [4.78, 5) is 12.1. The molecule has 0 saturated carbocycles. The maximum absolute atomic E-state index is 11.8. The van der Waals surface area contributed by atoms with Gasteiger partial charge < -0.3 is 11.1 Å². The summed E-state index contributed by atoms with van der Waals surface area (Å²) in [5.41, 5.74) is 6.07. The van der Waals surface area contributed by atoms with Crippen LogP contribution in [-0.4, -0.2) is 26.7 Å². The van der Waals surface area contributed by atoms with E-state index in [4.69, 9.17) is 18.0 Å². The van der Waals surface area contributed by atoms with Crippen molar-refractivity contribution >= 4 is 23.1 Å². The zero-order chi connectivity index (χ0) is 12.3. The van der Waals surface area contributed by atoms with Crippen molar-refractivity contribution in [3.05, 3.63) is 18.0 Å². The molecule has 0 aliphatic rings. The number of nitrogens with two attached hydrogens (primary N) is 1. The number of carbonyl (C=O) groups is 1. The molecule has 0 bridgehead atoms. The molecule has 1 atom stereocenters. The van der Waals surface area contributed by atoms with E-state index in [2.05, 4.69) is 10.4 Å². The Kier molecular flexibility index (Phi) is 4.00. The van der Waals surface area contributed by atoms with E-state index in [0.29, 0.717) is 10.6 Å². The van der Waals surface area contributed by atoms with E-state index in [1.54, 1.807) is 17.9 Å². The second-order valence-electron chi connectivity index (χ2n) is 4.00. The van der Waals surface area contributed by atoms with E-state index in [0.717, 1.165) is 0 Å². The highest BCUT2D eigenvalue weighted by Gasteiger charge is 2.20. The average molecular weight is 240 g/mol. The number of thiocarbonyl (C=S) groups is 1. The fourth-order valence-corrected chi connectivity index (χ4v) is 1.66. The first-order chi connectivity index (χ1) is 7.41. The van der Waals surface area contributed by atoms with Gasteiger partial charge in [0.15, 0.2) is 0 Å². The van der Waals surface area contributed by atoms with Crippen LogP contribution in [0, 0.1) is 5.92 Å². The number of rotatable bonds is 4. The van der Waals surface area contributed by atoms with Crippen molar-refractivity contribution in [2.24, 2.45) is 18.7 Å². The Bertz CT molecular complexity index is 399. The Morgan fingerprint density at radius 1 is 1.62 bits per heavy atom. The van der Waals surface area contributed by atoms with Crippen LogP contribution in [0.15, 0.2) is 12.4 Å². The maximum Gasteiger partial charge on any atom is 0.255 e. The van der Waals surface area contributed by atoms with Crippen LogP contribution in [0.3, 0.4) is 0 Å². The number of carbonyl (C=O) groups excluding carboxylic acids is 1. The summed E-state index contributed by atoms with van der Waals surface area (Å²) in [6, 6.07) is -0.289. The maximum atomic E-state index is 11.8. The molecule has 1 heterocycles. The van der Waals surface area contributed by atoms with Gasteiger partial charge in [-0.15, -0.1) is 0 Å². The standard InChI is InChI=1S/C10H16N4OS/c1-6(2)8(9(11)16)13-10(15)7-4-12-14(3)5-7/h4-6,8H,1-3H3,(H2,11,16)(H,13,15). The third kappa shape index (κ3) is 3.03. The van der Waals surface area contributed by atoms with Gasteiger partial charge in [-0.05, 0) is 5.92 Å². The van der Waals surface area contributed by atoms with Crippen molar-refractivity contribution in [3.63, 3.8) is 0 Å². The van der Waals surface area contributed by atoms with Crippen LogP contribution in [0.25, 0.3) is 0 Å². The lowest BCUT2D eigenvalue weighted by molar-refractivity contribution is 0.0940. The van der Waals surface area contributed by atoms with Gasteiger partial charge >= 0.3 is 0 Å². The average Bonchev–Trinajstić information content (AvgIpc) is 2.59. The summed E-state index contributed by atoms with van der Waals surface area (Å²) in [7, 11) is 1.75. The van der Waals surface area contributed by atoms with Gasteiger partial charge in [-0.3, -0.25) is 9.48 Å². The van der Waals surface area contributed by atoms with Gasteiger partial charge in [0.1, 0.15) is 0 Å². The Morgan fingerprint density at radius 2 is 2.25 bits per heavy atom. The van der Waals surface area contributed by atoms with E-state index >= 15 is 0 Å². The number of amides is 1. The van der Waals surface area contributed by atoms with Gasteiger partial charge in [-0.2, -0.15) is 5.10 Å². The Hall–Kier alpha value is -1.43. The molecule has 3 N–H and O–H groups in total. The zero-order valence-corrected chi connectivity index (χ0v) is 10.4. The van der Waals surface area contributed by atoms with E-state index in [-0.39, 0.29) is 17.9 Å². The zero-order valence-electron chi connectivity index (χ0n) is 9.60. The minimum atomic E-state index is -0.289. The van der Waals surface area contributed by atoms with Gasteiger partial charge in [0.05, 0.1) is 22.8 Å². The van der Waals surface area contributed by atoms with Crippen molar-refractivity contribution in [3.8, 4) is 0 Å². The lowest BCUT2D eigenvalue weighted by atomic mass is 10.0. The molecule has 1 aromatic rings. The second-order valence-corrected chi connectivity index (χ2v) is 4.47. The van der Waals surface area contributed by atoms with Crippen LogP contribution >= 0.6 is 12.2 Å². The molecule has 1 unspecified atom stereocenters. The fraction of sp³-hybridized carbons (Fsp3) is 0.500. The Balaban J connectivity index is 2.73. The van der Waals surface area contributed by atoms with Crippen molar-refractivity contribution in [2.45, 2.75) is 19.9 Å².